The van der Waals surface area contributed by atoms with Crippen LogP contribution in [0.4, 0.5) is 0 Å². The molecule has 0 heterocycles. The molecule has 0 aromatic rings. The Bertz CT molecular complexity index is 261. The van der Waals surface area contributed by atoms with Crippen LogP contribution >= 0.6 is 11.6 Å². The Morgan fingerprint density at radius 1 is 1.31 bits per heavy atom. The van der Waals surface area contributed by atoms with Crippen molar-refractivity contribution in [1.82, 2.24) is 4.90 Å². The van der Waals surface area contributed by atoms with E-state index in [4.69, 9.17) is 11.6 Å². The zero-order chi connectivity index (χ0) is 12.0. The van der Waals surface area contributed by atoms with Crippen LogP contribution in [0, 0.1) is 16.7 Å². The standard InChI is InChI=1S/C14H26ClN/c1-13(2)11-6-8-14(13,12(15)10-11)7-5-9-16(3)4/h11-12H,5-10H2,1-4H3. The highest BCUT2D eigenvalue weighted by molar-refractivity contribution is 6.21. The summed E-state index contributed by atoms with van der Waals surface area (Å²) in [5.74, 6) is 0.884. The number of rotatable bonds is 4. The zero-order valence-electron chi connectivity index (χ0n) is 11.2. The molecule has 2 bridgehead atoms. The van der Waals surface area contributed by atoms with Gasteiger partial charge < -0.3 is 4.90 Å². The van der Waals surface area contributed by atoms with Gasteiger partial charge in [0.25, 0.3) is 0 Å². The number of alkyl halides is 1. The lowest BCUT2D eigenvalue weighted by Crippen LogP contribution is -2.36. The first-order valence-electron chi connectivity index (χ1n) is 6.69. The summed E-state index contributed by atoms with van der Waals surface area (Å²) >= 11 is 6.65. The van der Waals surface area contributed by atoms with Gasteiger partial charge in [-0.3, -0.25) is 0 Å². The Morgan fingerprint density at radius 2 is 2.00 bits per heavy atom. The van der Waals surface area contributed by atoms with Gasteiger partial charge >= 0.3 is 0 Å². The molecule has 2 fully saturated rings. The Kier molecular flexibility index (Phi) is 3.31. The van der Waals surface area contributed by atoms with Crippen LogP contribution in [-0.4, -0.2) is 30.9 Å². The van der Waals surface area contributed by atoms with E-state index in [1.165, 1.54) is 38.6 Å². The van der Waals surface area contributed by atoms with Gasteiger partial charge in [0.1, 0.15) is 0 Å². The highest BCUT2D eigenvalue weighted by Crippen LogP contribution is 2.68. The van der Waals surface area contributed by atoms with Gasteiger partial charge in [0, 0.05) is 5.38 Å². The maximum Gasteiger partial charge on any atom is 0.0400 e. The molecular formula is C14H26ClN. The van der Waals surface area contributed by atoms with E-state index in [1.807, 2.05) is 0 Å². The third kappa shape index (κ3) is 1.71. The maximum atomic E-state index is 6.65. The van der Waals surface area contributed by atoms with Gasteiger partial charge in [-0.1, -0.05) is 13.8 Å². The summed E-state index contributed by atoms with van der Waals surface area (Å²) in [7, 11) is 4.32. The highest BCUT2D eigenvalue weighted by Gasteiger charge is 2.62. The molecule has 16 heavy (non-hydrogen) atoms. The molecule has 94 valence electrons. The summed E-state index contributed by atoms with van der Waals surface area (Å²) in [4.78, 5) is 2.29. The summed E-state index contributed by atoms with van der Waals surface area (Å²) in [5, 5.41) is 0.434. The lowest BCUT2D eigenvalue weighted by molar-refractivity contribution is 0.112. The number of hydrogen-bond acceptors (Lipinski definition) is 1. The molecule has 0 amide bonds. The van der Waals surface area contributed by atoms with Crippen molar-refractivity contribution in [3.63, 3.8) is 0 Å². The Hall–Kier alpha value is 0.250. The molecule has 2 aliphatic carbocycles. The van der Waals surface area contributed by atoms with E-state index in [2.05, 4.69) is 32.8 Å². The average Bonchev–Trinajstić information content (AvgIpc) is 2.50. The van der Waals surface area contributed by atoms with Crippen LogP contribution < -0.4 is 0 Å². The SMILES string of the molecule is CN(C)CCCC12CCC(CC1Cl)C2(C)C. The third-order valence-corrected chi connectivity index (χ3v) is 6.16. The molecule has 0 N–H and O–H groups in total. The average molecular weight is 244 g/mol. The molecule has 2 saturated carbocycles. The molecular weight excluding hydrogens is 218 g/mol. The summed E-state index contributed by atoms with van der Waals surface area (Å²) in [6.45, 7) is 6.12. The van der Waals surface area contributed by atoms with E-state index in [9.17, 15) is 0 Å². The van der Waals surface area contributed by atoms with Gasteiger partial charge in [-0.2, -0.15) is 0 Å². The summed E-state index contributed by atoms with van der Waals surface area (Å²) in [6, 6.07) is 0. The minimum absolute atomic E-state index is 0.434. The number of hydrogen-bond donors (Lipinski definition) is 0. The van der Waals surface area contributed by atoms with Crippen LogP contribution in [0.5, 0.6) is 0 Å². The van der Waals surface area contributed by atoms with Crippen LogP contribution in [0.3, 0.4) is 0 Å². The Balaban J connectivity index is 2.04. The fourth-order valence-corrected chi connectivity index (χ4v) is 5.00. The molecule has 0 aromatic carbocycles. The molecule has 2 heteroatoms. The predicted octanol–water partition coefficient (Wildman–Crippen LogP) is 3.76. The Labute approximate surface area is 106 Å². The quantitative estimate of drug-likeness (QED) is 0.680. The van der Waals surface area contributed by atoms with E-state index < -0.39 is 0 Å². The third-order valence-electron chi connectivity index (χ3n) is 5.56. The zero-order valence-corrected chi connectivity index (χ0v) is 12.0. The van der Waals surface area contributed by atoms with E-state index in [1.54, 1.807) is 0 Å². The van der Waals surface area contributed by atoms with Crippen molar-refractivity contribution in [2.24, 2.45) is 16.7 Å². The fourth-order valence-electron chi connectivity index (χ4n) is 4.28. The first-order valence-corrected chi connectivity index (χ1v) is 7.12. The second-order valence-electron chi connectivity index (χ2n) is 6.72. The smallest absolute Gasteiger partial charge is 0.0400 e. The lowest BCUT2D eigenvalue weighted by Gasteiger charge is -2.41. The first-order chi connectivity index (χ1) is 7.40. The van der Waals surface area contributed by atoms with Crippen LogP contribution in [0.15, 0.2) is 0 Å². The molecule has 0 spiro atoms. The van der Waals surface area contributed by atoms with Crippen molar-refractivity contribution in [3.05, 3.63) is 0 Å². The van der Waals surface area contributed by atoms with Crippen molar-refractivity contribution in [2.75, 3.05) is 20.6 Å². The monoisotopic (exact) mass is 243 g/mol. The van der Waals surface area contributed by atoms with Crippen molar-refractivity contribution < 1.29 is 0 Å². The van der Waals surface area contributed by atoms with Crippen LogP contribution in [0.2, 0.25) is 0 Å². The van der Waals surface area contributed by atoms with E-state index in [-0.39, 0.29) is 0 Å². The van der Waals surface area contributed by atoms with Gasteiger partial charge in [-0.25, -0.2) is 0 Å². The molecule has 2 rings (SSSR count). The van der Waals surface area contributed by atoms with Crippen molar-refractivity contribution in [1.29, 1.82) is 0 Å². The number of nitrogens with zero attached hydrogens (tertiary/aromatic N) is 1. The van der Waals surface area contributed by atoms with Gasteiger partial charge in [0.05, 0.1) is 0 Å². The Morgan fingerprint density at radius 3 is 2.44 bits per heavy atom. The predicted molar refractivity (Wildman–Crippen MR) is 71.0 cm³/mol. The lowest BCUT2D eigenvalue weighted by atomic mass is 9.66. The topological polar surface area (TPSA) is 3.24 Å². The minimum Gasteiger partial charge on any atom is -0.309 e. The summed E-state index contributed by atoms with van der Waals surface area (Å²) < 4.78 is 0. The second-order valence-corrected chi connectivity index (χ2v) is 7.25. The summed E-state index contributed by atoms with van der Waals surface area (Å²) in [5.41, 5.74) is 0.918. The summed E-state index contributed by atoms with van der Waals surface area (Å²) in [6.07, 6.45) is 6.66. The first kappa shape index (κ1) is 12.7. The number of fused-ring (bicyclic) bond motifs is 2. The van der Waals surface area contributed by atoms with Gasteiger partial charge in [0.2, 0.25) is 0 Å². The van der Waals surface area contributed by atoms with Gasteiger partial charge in [-0.15, -0.1) is 11.6 Å². The second kappa shape index (κ2) is 4.17. The fraction of sp³-hybridized carbons (Fsp3) is 1.00. The van der Waals surface area contributed by atoms with Crippen molar-refractivity contribution >= 4 is 11.6 Å². The molecule has 2 aliphatic rings. The normalized spacial score (nSPS) is 40.9. The largest absolute Gasteiger partial charge is 0.309 e. The van der Waals surface area contributed by atoms with Crippen LogP contribution in [0.25, 0.3) is 0 Å². The maximum absolute atomic E-state index is 6.65. The van der Waals surface area contributed by atoms with E-state index >= 15 is 0 Å². The molecule has 1 nitrogen and oxygen atoms in total. The molecule has 0 aromatic heterocycles. The molecule has 3 unspecified atom stereocenters. The highest BCUT2D eigenvalue weighted by atomic mass is 35.5. The van der Waals surface area contributed by atoms with E-state index in [0.717, 1.165) is 5.92 Å². The molecule has 0 radical (unpaired) electrons. The molecule has 3 atom stereocenters. The van der Waals surface area contributed by atoms with Crippen LogP contribution in [-0.2, 0) is 0 Å². The van der Waals surface area contributed by atoms with Gasteiger partial charge in [-0.05, 0) is 69.5 Å². The van der Waals surface area contributed by atoms with Crippen LogP contribution in [0.1, 0.15) is 46.0 Å². The molecule has 0 aliphatic heterocycles. The van der Waals surface area contributed by atoms with Gasteiger partial charge in [0.15, 0.2) is 0 Å². The molecule has 0 saturated heterocycles. The van der Waals surface area contributed by atoms with Crippen molar-refractivity contribution in [3.8, 4) is 0 Å². The van der Waals surface area contributed by atoms with E-state index in [0.29, 0.717) is 16.2 Å². The van der Waals surface area contributed by atoms with Crippen molar-refractivity contribution in [2.45, 2.75) is 51.3 Å². The number of halogens is 1. The minimum atomic E-state index is 0.434.